The second kappa shape index (κ2) is 12.6. The Morgan fingerprint density at radius 3 is 1.54 bits per heavy atom. The number of nitrogens with zero attached hydrogens (tertiary/aromatic N) is 7. The van der Waals surface area contributed by atoms with Gasteiger partial charge in [-0.3, -0.25) is 4.40 Å². The van der Waals surface area contributed by atoms with E-state index in [2.05, 4.69) is 36.8 Å². The molecule has 0 atom stereocenters. The Hall–Kier alpha value is -4.84. The van der Waals surface area contributed by atoms with Crippen molar-refractivity contribution in [2.24, 2.45) is 5.41 Å². The van der Waals surface area contributed by atoms with E-state index in [0.717, 1.165) is 91.8 Å². The van der Waals surface area contributed by atoms with Crippen molar-refractivity contribution < 1.29 is 22.9 Å². The van der Waals surface area contributed by atoms with Crippen molar-refractivity contribution in [2.75, 3.05) is 0 Å². The summed E-state index contributed by atoms with van der Waals surface area (Å²) in [6, 6.07) is 16.3. The molecular weight excluding hydrogens is 689 g/mol. The van der Waals surface area contributed by atoms with Gasteiger partial charge in [-0.1, -0.05) is 23.3 Å². The van der Waals surface area contributed by atoms with E-state index >= 15 is 0 Å². The summed E-state index contributed by atoms with van der Waals surface area (Å²) in [6.07, 6.45) is 14.9. The average molecular weight is 734 g/mol. The Kier molecular flexibility index (Phi) is 8.15. The summed E-state index contributed by atoms with van der Waals surface area (Å²) in [4.78, 5) is 9.34. The lowest BCUT2D eigenvalue weighted by atomic mass is 9.53. The lowest BCUT2D eigenvalue weighted by Crippen LogP contribution is -2.47. The highest BCUT2D eigenvalue weighted by Crippen LogP contribution is 2.59. The summed E-state index contributed by atoms with van der Waals surface area (Å²) >= 11 is 0. The minimum atomic E-state index is -0.987. The van der Waals surface area contributed by atoms with Gasteiger partial charge in [0.2, 0.25) is 23.4 Å². The maximum Gasteiger partial charge on any atom is 0.233 e. The standard InChI is InChI=1S/C25H26FN5O2.C17H19FN2O/c1-23(2,32)18-4-3-15-31-20(18)28-29-21(31)24-9-12-25(13-10-24,14-11-24)22-27-19(30-33-22)16-5-7-17(26)8-6-16;1-16-6-9-17(10-7-16,11-8-16)15-19-14(20-21-15)12-2-4-13(18)5-3-12/h3-8,15,32H,9-14H2,1-2H3;2-5H,6-11H2,1H3. The maximum absolute atomic E-state index is 13.3. The lowest BCUT2D eigenvalue weighted by molar-refractivity contribution is 0.0364. The van der Waals surface area contributed by atoms with Crippen molar-refractivity contribution in [1.82, 2.24) is 34.9 Å². The molecule has 6 fully saturated rings. The van der Waals surface area contributed by atoms with E-state index in [4.69, 9.17) is 14.0 Å². The first-order valence-electron chi connectivity index (χ1n) is 19.2. The van der Waals surface area contributed by atoms with Crippen LogP contribution in [0.2, 0.25) is 0 Å². The Bertz CT molecular complexity index is 2260. The summed E-state index contributed by atoms with van der Waals surface area (Å²) in [6.45, 7) is 5.94. The SMILES string of the molecule is CC(C)(O)c1cccn2c(C34CCC(c5nc(-c6ccc(F)cc6)no5)(CC3)CC4)nnc12.CC12CCC(c3nc(-c4ccc(F)cc4)no3)(CC1)CC2. The van der Waals surface area contributed by atoms with Crippen LogP contribution in [0.15, 0.2) is 75.9 Å². The van der Waals surface area contributed by atoms with Gasteiger partial charge in [0.15, 0.2) is 5.65 Å². The zero-order valence-electron chi connectivity index (χ0n) is 31.0. The molecule has 12 heteroatoms. The van der Waals surface area contributed by atoms with Crippen LogP contribution in [0.3, 0.4) is 0 Å². The second-order valence-corrected chi connectivity index (χ2v) is 17.2. The molecule has 2 aromatic carbocycles. The largest absolute Gasteiger partial charge is 0.386 e. The van der Waals surface area contributed by atoms with Gasteiger partial charge in [0.25, 0.3) is 0 Å². The number of rotatable bonds is 6. The lowest BCUT2D eigenvalue weighted by Gasteiger charge is -2.50. The van der Waals surface area contributed by atoms with Crippen LogP contribution in [0, 0.1) is 17.0 Å². The van der Waals surface area contributed by atoms with Crippen molar-refractivity contribution in [1.29, 1.82) is 0 Å². The summed E-state index contributed by atoms with van der Waals surface area (Å²) in [7, 11) is 0. The van der Waals surface area contributed by atoms with Crippen molar-refractivity contribution in [3.05, 3.63) is 102 Å². The van der Waals surface area contributed by atoms with Crippen molar-refractivity contribution in [3.8, 4) is 22.8 Å². The molecule has 280 valence electrons. The normalized spacial score (nSPS) is 27.6. The highest BCUT2D eigenvalue weighted by molar-refractivity contribution is 5.55. The second-order valence-electron chi connectivity index (χ2n) is 17.2. The van der Waals surface area contributed by atoms with Gasteiger partial charge in [-0.15, -0.1) is 10.2 Å². The summed E-state index contributed by atoms with van der Waals surface area (Å²) < 4.78 is 39.6. The van der Waals surface area contributed by atoms with E-state index in [0.29, 0.717) is 23.0 Å². The molecule has 6 aromatic rings. The van der Waals surface area contributed by atoms with Gasteiger partial charge in [0.1, 0.15) is 17.5 Å². The van der Waals surface area contributed by atoms with Crippen LogP contribution in [0.5, 0.6) is 0 Å². The molecule has 1 N–H and O–H groups in total. The van der Waals surface area contributed by atoms with E-state index in [-0.39, 0.29) is 27.9 Å². The molecule has 4 bridgehead atoms. The number of halogens is 2. The maximum atomic E-state index is 13.3. The van der Waals surface area contributed by atoms with Crippen molar-refractivity contribution >= 4 is 5.65 Å². The van der Waals surface area contributed by atoms with E-state index in [1.807, 2.05) is 18.3 Å². The number of aliphatic hydroxyl groups is 1. The zero-order chi connectivity index (χ0) is 37.3. The van der Waals surface area contributed by atoms with E-state index in [1.54, 1.807) is 38.1 Å². The minimum Gasteiger partial charge on any atom is -0.386 e. The van der Waals surface area contributed by atoms with Gasteiger partial charge < -0.3 is 14.2 Å². The number of benzene rings is 2. The molecule has 6 saturated carbocycles. The van der Waals surface area contributed by atoms with Crippen LogP contribution >= 0.6 is 0 Å². The van der Waals surface area contributed by atoms with Crippen LogP contribution in [-0.2, 0) is 21.8 Å². The van der Waals surface area contributed by atoms with Crippen LogP contribution in [0.1, 0.15) is 121 Å². The third kappa shape index (κ3) is 5.93. The first-order valence-corrected chi connectivity index (χ1v) is 19.2. The molecule has 0 radical (unpaired) electrons. The predicted molar refractivity (Wildman–Crippen MR) is 196 cm³/mol. The monoisotopic (exact) mass is 733 g/mol. The Labute approximate surface area is 312 Å². The Balaban J connectivity index is 0.000000157. The Morgan fingerprint density at radius 2 is 1.07 bits per heavy atom. The Morgan fingerprint density at radius 1 is 0.630 bits per heavy atom. The van der Waals surface area contributed by atoms with Crippen molar-refractivity contribution in [2.45, 2.75) is 120 Å². The molecule has 0 unspecified atom stereocenters. The summed E-state index contributed by atoms with van der Waals surface area (Å²) in [5, 5.41) is 28.0. The molecule has 54 heavy (non-hydrogen) atoms. The van der Waals surface area contributed by atoms with Crippen LogP contribution < -0.4 is 0 Å². The van der Waals surface area contributed by atoms with Crippen LogP contribution in [0.4, 0.5) is 8.78 Å². The first-order chi connectivity index (χ1) is 25.9. The topological polar surface area (TPSA) is 128 Å². The third-order valence-electron chi connectivity index (χ3n) is 13.4. The fourth-order valence-electron chi connectivity index (χ4n) is 9.60. The molecule has 6 aliphatic carbocycles. The number of hydrogen-bond donors (Lipinski definition) is 1. The number of aromatic nitrogens is 7. The van der Waals surface area contributed by atoms with Gasteiger partial charge in [-0.05, 0) is 151 Å². The fourth-order valence-corrected chi connectivity index (χ4v) is 9.60. The molecule has 4 aromatic heterocycles. The number of pyridine rings is 1. The minimum absolute atomic E-state index is 0.0425. The first kappa shape index (κ1) is 34.9. The summed E-state index contributed by atoms with van der Waals surface area (Å²) in [5.41, 5.74) is 2.52. The third-order valence-corrected chi connectivity index (χ3v) is 13.4. The molecular formula is C42H45F2N7O3. The molecule has 0 spiro atoms. The predicted octanol–water partition coefficient (Wildman–Crippen LogP) is 9.18. The summed E-state index contributed by atoms with van der Waals surface area (Å²) in [5.74, 6) is 2.98. The van der Waals surface area contributed by atoms with E-state index < -0.39 is 5.60 Å². The molecule has 6 aliphatic rings. The van der Waals surface area contributed by atoms with Gasteiger partial charge in [0, 0.05) is 39.1 Å². The van der Waals surface area contributed by atoms with Gasteiger partial charge in [0.05, 0.1) is 5.60 Å². The number of hydrogen-bond acceptors (Lipinski definition) is 9. The average Bonchev–Trinajstić information content (AvgIpc) is 3.98. The fraction of sp³-hybridized carbons (Fsp3) is 0.476. The van der Waals surface area contributed by atoms with Crippen LogP contribution in [0.25, 0.3) is 28.4 Å². The highest BCUT2D eigenvalue weighted by Gasteiger charge is 2.55. The molecule has 4 heterocycles. The molecule has 0 aliphatic heterocycles. The van der Waals surface area contributed by atoms with E-state index in [9.17, 15) is 13.9 Å². The van der Waals surface area contributed by atoms with Gasteiger partial charge in [-0.25, -0.2) is 8.78 Å². The van der Waals surface area contributed by atoms with Gasteiger partial charge >= 0.3 is 0 Å². The smallest absolute Gasteiger partial charge is 0.233 e. The molecule has 12 rings (SSSR count). The molecule has 10 nitrogen and oxygen atoms in total. The quantitative estimate of drug-likeness (QED) is 0.178. The van der Waals surface area contributed by atoms with E-state index in [1.165, 1.54) is 43.5 Å². The van der Waals surface area contributed by atoms with Gasteiger partial charge in [-0.2, -0.15) is 9.97 Å². The molecule has 0 amide bonds. The number of fused-ring (bicyclic) bond motifs is 7. The van der Waals surface area contributed by atoms with Crippen LogP contribution in [-0.4, -0.2) is 40.0 Å². The zero-order valence-corrected chi connectivity index (χ0v) is 31.0. The molecule has 0 saturated heterocycles. The highest BCUT2D eigenvalue weighted by atomic mass is 19.1. The van der Waals surface area contributed by atoms with Crippen molar-refractivity contribution in [3.63, 3.8) is 0 Å².